The number of amides is 1. The highest BCUT2D eigenvalue weighted by atomic mass is 16.5. The van der Waals surface area contributed by atoms with E-state index in [4.69, 9.17) is 4.74 Å². The van der Waals surface area contributed by atoms with Gasteiger partial charge in [-0.3, -0.25) is 4.79 Å². The first kappa shape index (κ1) is 14.1. The van der Waals surface area contributed by atoms with Gasteiger partial charge in [0, 0.05) is 0 Å². The lowest BCUT2D eigenvalue weighted by atomic mass is 9.82. The van der Waals surface area contributed by atoms with Crippen LogP contribution in [0.4, 0.5) is 0 Å². The summed E-state index contributed by atoms with van der Waals surface area (Å²) in [5.74, 6) is 0.119. The highest BCUT2D eigenvalue weighted by Gasteiger charge is 2.44. The summed E-state index contributed by atoms with van der Waals surface area (Å²) in [6.45, 7) is 7.32. The summed E-state index contributed by atoms with van der Waals surface area (Å²) in [6.07, 6.45) is 1.87. The van der Waals surface area contributed by atoms with Gasteiger partial charge in [-0.25, -0.2) is 0 Å². The maximum absolute atomic E-state index is 12.3. The van der Waals surface area contributed by atoms with Gasteiger partial charge in [0.1, 0.15) is 0 Å². The molecule has 1 aromatic rings. The van der Waals surface area contributed by atoms with E-state index in [0.717, 1.165) is 18.4 Å². The molecule has 19 heavy (non-hydrogen) atoms. The minimum Gasteiger partial charge on any atom is -0.379 e. The van der Waals surface area contributed by atoms with Crippen LogP contribution in [-0.2, 0) is 16.0 Å². The summed E-state index contributed by atoms with van der Waals surface area (Å²) < 4.78 is 5.21. The lowest BCUT2D eigenvalue weighted by Crippen LogP contribution is -2.54. The largest absolute Gasteiger partial charge is 0.379 e. The number of nitrogens with one attached hydrogen (secondary N) is 1. The van der Waals surface area contributed by atoms with Crippen molar-refractivity contribution in [2.75, 3.05) is 13.2 Å². The third-order valence-corrected chi connectivity index (χ3v) is 4.15. The molecule has 1 aliphatic heterocycles. The molecule has 1 amide bonds. The van der Waals surface area contributed by atoms with Crippen molar-refractivity contribution < 1.29 is 9.53 Å². The molecule has 1 unspecified atom stereocenters. The van der Waals surface area contributed by atoms with Gasteiger partial charge >= 0.3 is 0 Å². The van der Waals surface area contributed by atoms with Gasteiger partial charge in [0.25, 0.3) is 0 Å². The van der Waals surface area contributed by atoms with Crippen LogP contribution in [0.2, 0.25) is 0 Å². The van der Waals surface area contributed by atoms with Crippen molar-refractivity contribution in [2.45, 2.75) is 39.7 Å². The Hall–Kier alpha value is -1.35. The molecule has 1 N–H and O–H groups in total. The molecule has 0 radical (unpaired) electrons. The van der Waals surface area contributed by atoms with Gasteiger partial charge in [0.05, 0.1) is 24.7 Å². The molecule has 0 spiro atoms. The van der Waals surface area contributed by atoms with Gasteiger partial charge < -0.3 is 10.1 Å². The molecule has 1 fully saturated rings. The molecule has 104 valence electrons. The number of carbonyl (C=O) groups excluding carboxylic acids is 1. The Morgan fingerprint density at radius 1 is 1.32 bits per heavy atom. The summed E-state index contributed by atoms with van der Waals surface area (Å²) in [4.78, 5) is 12.3. The molecular weight excluding hydrogens is 238 g/mol. The van der Waals surface area contributed by atoms with Gasteiger partial charge in [-0.05, 0) is 30.9 Å². The van der Waals surface area contributed by atoms with E-state index in [0.29, 0.717) is 13.2 Å². The fourth-order valence-corrected chi connectivity index (χ4v) is 2.32. The Bertz CT molecular complexity index is 429. The van der Waals surface area contributed by atoms with Crippen molar-refractivity contribution in [1.82, 2.24) is 5.32 Å². The summed E-state index contributed by atoms with van der Waals surface area (Å²) in [6, 6.07) is 8.49. The van der Waals surface area contributed by atoms with Crippen molar-refractivity contribution in [3.8, 4) is 0 Å². The van der Waals surface area contributed by atoms with E-state index in [1.54, 1.807) is 0 Å². The van der Waals surface area contributed by atoms with Crippen LogP contribution < -0.4 is 5.32 Å². The van der Waals surface area contributed by atoms with Gasteiger partial charge in [0.15, 0.2) is 0 Å². The molecule has 1 aromatic carbocycles. The van der Waals surface area contributed by atoms with E-state index in [9.17, 15) is 4.79 Å². The Kier molecular flexibility index (Phi) is 4.25. The second kappa shape index (κ2) is 5.74. The van der Waals surface area contributed by atoms with Crippen molar-refractivity contribution in [3.05, 3.63) is 35.4 Å². The van der Waals surface area contributed by atoms with Crippen LogP contribution in [0.15, 0.2) is 24.3 Å². The zero-order valence-electron chi connectivity index (χ0n) is 12.0. The molecular formula is C16H23NO2. The van der Waals surface area contributed by atoms with Crippen molar-refractivity contribution in [3.63, 3.8) is 0 Å². The summed E-state index contributed by atoms with van der Waals surface area (Å²) >= 11 is 0. The maximum Gasteiger partial charge on any atom is 0.231 e. The first-order valence-electron chi connectivity index (χ1n) is 7.09. The molecule has 3 heteroatoms. The average Bonchev–Trinajstić information content (AvgIpc) is 2.38. The third-order valence-electron chi connectivity index (χ3n) is 4.15. The topological polar surface area (TPSA) is 38.3 Å². The Labute approximate surface area is 115 Å². The highest BCUT2D eigenvalue weighted by Crippen LogP contribution is 2.32. The van der Waals surface area contributed by atoms with Crippen LogP contribution >= 0.6 is 0 Å². The monoisotopic (exact) mass is 261 g/mol. The van der Waals surface area contributed by atoms with Gasteiger partial charge in [-0.2, -0.15) is 0 Å². The van der Waals surface area contributed by atoms with E-state index >= 15 is 0 Å². The molecule has 0 saturated carbocycles. The van der Waals surface area contributed by atoms with Crippen LogP contribution in [0.5, 0.6) is 0 Å². The molecule has 1 heterocycles. The van der Waals surface area contributed by atoms with Gasteiger partial charge in [-0.1, -0.05) is 38.1 Å². The maximum atomic E-state index is 12.3. The molecule has 2 rings (SSSR count). The normalized spacial score (nSPS) is 18.5. The minimum atomic E-state index is -0.294. The zero-order valence-corrected chi connectivity index (χ0v) is 12.0. The SMILES string of the molecule is CCc1ccc(C(C)NC(=O)C2(CC)COC2)cc1. The standard InChI is InChI=1S/C16H23NO2/c1-4-13-6-8-14(9-7-13)12(3)17-15(18)16(5-2)10-19-11-16/h6-9,12H,4-5,10-11H2,1-3H3,(H,17,18). The summed E-state index contributed by atoms with van der Waals surface area (Å²) in [5.41, 5.74) is 2.18. The number of rotatable bonds is 5. The fourth-order valence-electron chi connectivity index (χ4n) is 2.32. The number of ether oxygens (including phenoxy) is 1. The van der Waals surface area contributed by atoms with E-state index in [-0.39, 0.29) is 17.4 Å². The Balaban J connectivity index is 1.99. The van der Waals surface area contributed by atoms with E-state index in [1.165, 1.54) is 5.56 Å². The quantitative estimate of drug-likeness (QED) is 0.885. The predicted molar refractivity (Wildman–Crippen MR) is 75.9 cm³/mol. The number of benzene rings is 1. The molecule has 0 aliphatic carbocycles. The first-order valence-corrected chi connectivity index (χ1v) is 7.09. The van der Waals surface area contributed by atoms with E-state index in [1.807, 2.05) is 13.8 Å². The van der Waals surface area contributed by atoms with Crippen LogP contribution in [0.25, 0.3) is 0 Å². The third kappa shape index (κ3) is 2.81. The van der Waals surface area contributed by atoms with Crippen molar-refractivity contribution >= 4 is 5.91 Å². The Morgan fingerprint density at radius 2 is 1.95 bits per heavy atom. The molecule has 0 aromatic heterocycles. The number of carbonyl (C=O) groups is 1. The number of aryl methyl sites for hydroxylation is 1. The number of hydrogen-bond donors (Lipinski definition) is 1. The lowest BCUT2D eigenvalue weighted by Gasteiger charge is -2.39. The van der Waals surface area contributed by atoms with Crippen LogP contribution in [0.3, 0.4) is 0 Å². The molecule has 3 nitrogen and oxygen atoms in total. The average molecular weight is 261 g/mol. The van der Waals surface area contributed by atoms with Crippen LogP contribution in [-0.4, -0.2) is 19.1 Å². The number of hydrogen-bond acceptors (Lipinski definition) is 2. The fraction of sp³-hybridized carbons (Fsp3) is 0.562. The van der Waals surface area contributed by atoms with E-state index in [2.05, 4.69) is 36.5 Å². The highest BCUT2D eigenvalue weighted by molar-refractivity contribution is 5.84. The first-order chi connectivity index (χ1) is 9.11. The smallest absolute Gasteiger partial charge is 0.231 e. The van der Waals surface area contributed by atoms with E-state index < -0.39 is 0 Å². The van der Waals surface area contributed by atoms with Gasteiger partial charge in [0.2, 0.25) is 5.91 Å². The molecule has 0 bridgehead atoms. The molecule has 1 aliphatic rings. The molecule has 1 saturated heterocycles. The Morgan fingerprint density at radius 3 is 2.37 bits per heavy atom. The zero-order chi connectivity index (χ0) is 13.9. The van der Waals surface area contributed by atoms with Crippen molar-refractivity contribution in [1.29, 1.82) is 0 Å². The van der Waals surface area contributed by atoms with Crippen molar-refractivity contribution in [2.24, 2.45) is 5.41 Å². The summed E-state index contributed by atoms with van der Waals surface area (Å²) in [7, 11) is 0. The van der Waals surface area contributed by atoms with Crippen LogP contribution in [0.1, 0.15) is 44.4 Å². The second-order valence-corrected chi connectivity index (χ2v) is 5.42. The minimum absolute atomic E-state index is 0.0439. The van der Waals surface area contributed by atoms with Gasteiger partial charge in [-0.15, -0.1) is 0 Å². The second-order valence-electron chi connectivity index (χ2n) is 5.42. The van der Waals surface area contributed by atoms with Crippen LogP contribution in [0, 0.1) is 5.41 Å². The predicted octanol–water partition coefficient (Wildman–Crippen LogP) is 2.85. The molecule has 1 atom stereocenters. The summed E-state index contributed by atoms with van der Waals surface area (Å²) in [5, 5.41) is 3.11. The lowest BCUT2D eigenvalue weighted by molar-refractivity contribution is -0.163.